The minimum atomic E-state index is -1.82. The van der Waals surface area contributed by atoms with Crippen molar-refractivity contribution >= 4 is 11.6 Å². The Labute approximate surface area is 209 Å². The topological polar surface area (TPSA) is 221 Å². The molecule has 4 rings (SSSR count). The predicted molar refractivity (Wildman–Crippen MR) is 126 cm³/mol. The van der Waals surface area contributed by atoms with Gasteiger partial charge in [-0.15, -0.1) is 0 Å². The number of nitrogens with zero attached hydrogens (tertiary/aromatic N) is 4. The van der Waals surface area contributed by atoms with Gasteiger partial charge in [0, 0.05) is 23.5 Å². The van der Waals surface area contributed by atoms with E-state index in [1.165, 1.54) is 12.4 Å². The number of hydrogen-bond donors (Lipinski definition) is 6. The fraction of sp³-hybridized carbons (Fsp3) is 0.619. The van der Waals surface area contributed by atoms with Gasteiger partial charge in [0.05, 0.1) is 13.2 Å². The predicted octanol–water partition coefficient (Wildman–Crippen LogP) is -1.92. The van der Waals surface area contributed by atoms with E-state index < -0.39 is 73.8 Å². The average Bonchev–Trinajstić information content (AvgIpc) is 3.29. The molecule has 0 aliphatic carbocycles. The number of hydrogen-bond acceptors (Lipinski definition) is 12. The van der Waals surface area contributed by atoms with Gasteiger partial charge in [-0.3, -0.25) is 9.13 Å². The lowest BCUT2D eigenvalue weighted by atomic mass is 10.1. The van der Waals surface area contributed by atoms with E-state index in [0.29, 0.717) is 11.1 Å². The average molecular weight is 533 g/mol. The molecule has 16 heteroatoms. The van der Waals surface area contributed by atoms with E-state index in [1.54, 1.807) is 13.8 Å². The third-order valence-corrected chi connectivity index (χ3v) is 5.84. The maximum Gasteiger partial charge on any atom is 0.351 e. The van der Waals surface area contributed by atoms with Gasteiger partial charge in [0.25, 0.3) is 0 Å². The standard InChI is InChI=1S/2C10H14FN3O4.CH4/c2*1-4-2-14(10(17)13-8(4)12)9-6(11)7(16)5(3-15)18-9;/h2*2,5-7,9,15-16H,3H2,1H3,(H2,12,13,17);1H4/i2*11-1;. The lowest BCUT2D eigenvalue weighted by Gasteiger charge is -2.16. The second-order valence-corrected chi connectivity index (χ2v) is 8.36. The molecule has 4 heterocycles. The SMILES string of the molecule is C.Cc1cn(C2OC(CO)C(O)C2[18F])c(=O)nc1N.Cc1cn(C2OC(CO)C(O)C2[18F])c(=O)nc1N. The Hall–Kier alpha value is -3.02. The number of nitrogens with two attached hydrogens (primary N) is 2. The van der Waals surface area contributed by atoms with E-state index in [2.05, 4.69) is 9.97 Å². The fourth-order valence-corrected chi connectivity index (χ4v) is 3.68. The van der Waals surface area contributed by atoms with Crippen LogP contribution in [-0.4, -0.2) is 89.5 Å². The van der Waals surface area contributed by atoms with Crippen LogP contribution in [0.15, 0.2) is 22.0 Å². The molecule has 37 heavy (non-hydrogen) atoms. The van der Waals surface area contributed by atoms with Crippen molar-refractivity contribution in [1.82, 2.24) is 19.1 Å². The Balaban J connectivity index is 0.000000253. The normalized spacial score (nSPS) is 30.9. The van der Waals surface area contributed by atoms with Gasteiger partial charge in [-0.05, 0) is 13.8 Å². The van der Waals surface area contributed by atoms with Crippen molar-refractivity contribution in [3.63, 3.8) is 0 Å². The molecule has 0 spiro atoms. The molecule has 0 bridgehead atoms. The first kappa shape index (κ1) is 30.2. The highest BCUT2D eigenvalue weighted by molar-refractivity contribution is 5.35. The number of aryl methyl sites for hydroxylation is 2. The molecule has 0 saturated carbocycles. The highest BCUT2D eigenvalue weighted by Gasteiger charge is 2.46. The van der Waals surface area contributed by atoms with E-state index in [0.717, 1.165) is 9.13 Å². The Morgan fingerprint density at radius 3 is 1.43 bits per heavy atom. The Bertz CT molecular complexity index is 1110. The Morgan fingerprint density at radius 1 is 0.838 bits per heavy atom. The fourth-order valence-electron chi connectivity index (χ4n) is 3.68. The molecule has 2 aromatic heterocycles. The number of anilines is 2. The van der Waals surface area contributed by atoms with Crippen LogP contribution < -0.4 is 22.8 Å². The zero-order valence-corrected chi connectivity index (χ0v) is 19.3. The number of aromatic nitrogens is 4. The molecular formula is C21H32F2N6O8. The minimum absolute atomic E-state index is 0. The van der Waals surface area contributed by atoms with Gasteiger partial charge >= 0.3 is 11.4 Å². The number of nitrogen functional groups attached to an aromatic ring is 2. The van der Waals surface area contributed by atoms with Crippen LogP contribution in [0.5, 0.6) is 0 Å². The Kier molecular flexibility index (Phi) is 9.81. The molecule has 0 aromatic carbocycles. The van der Waals surface area contributed by atoms with Crippen molar-refractivity contribution in [2.45, 2.75) is 70.5 Å². The van der Waals surface area contributed by atoms with Crippen LogP contribution in [0.3, 0.4) is 0 Å². The quantitative estimate of drug-likeness (QED) is 0.254. The number of aliphatic hydroxyl groups excluding tert-OH is 4. The van der Waals surface area contributed by atoms with Gasteiger partial charge in [-0.25, -0.2) is 18.4 Å². The summed E-state index contributed by atoms with van der Waals surface area (Å²) in [5.74, 6) is 0.118. The first-order valence-corrected chi connectivity index (χ1v) is 10.8. The van der Waals surface area contributed by atoms with E-state index in [-0.39, 0.29) is 19.1 Å². The van der Waals surface area contributed by atoms with Crippen molar-refractivity contribution in [2.24, 2.45) is 0 Å². The van der Waals surface area contributed by atoms with E-state index >= 15 is 0 Å². The van der Waals surface area contributed by atoms with Crippen LogP contribution in [0.25, 0.3) is 0 Å². The molecule has 2 fully saturated rings. The summed E-state index contributed by atoms with van der Waals surface area (Å²) in [5.41, 5.74) is 10.4. The zero-order chi connectivity index (χ0) is 26.9. The molecule has 8 unspecified atom stereocenters. The third-order valence-electron chi connectivity index (χ3n) is 5.84. The highest BCUT2D eigenvalue weighted by atomic mass is 18.2. The lowest BCUT2D eigenvalue weighted by Crippen LogP contribution is -2.34. The second kappa shape index (κ2) is 12.0. The summed E-state index contributed by atoms with van der Waals surface area (Å²) < 4.78 is 39.7. The molecule has 0 amide bonds. The zero-order valence-electron chi connectivity index (χ0n) is 19.3. The van der Waals surface area contributed by atoms with Crippen LogP contribution in [0.2, 0.25) is 0 Å². The van der Waals surface area contributed by atoms with Crippen molar-refractivity contribution in [2.75, 3.05) is 24.7 Å². The molecule has 14 nitrogen and oxygen atoms in total. The number of ether oxygens (including phenoxy) is 2. The molecule has 208 valence electrons. The summed E-state index contributed by atoms with van der Waals surface area (Å²) in [6.07, 6.45) is -8.70. The molecule has 2 aliphatic rings. The number of rotatable bonds is 4. The van der Waals surface area contributed by atoms with Crippen LogP contribution >= 0.6 is 0 Å². The van der Waals surface area contributed by atoms with Crippen LogP contribution in [0.4, 0.5) is 20.4 Å². The Morgan fingerprint density at radius 2 is 1.16 bits per heavy atom. The largest absolute Gasteiger partial charge is 0.394 e. The maximum absolute atomic E-state index is 13.8. The van der Waals surface area contributed by atoms with Crippen molar-refractivity contribution in [3.05, 3.63) is 44.5 Å². The van der Waals surface area contributed by atoms with Gasteiger partial charge in [-0.2, -0.15) is 9.97 Å². The summed E-state index contributed by atoms with van der Waals surface area (Å²) in [5, 5.41) is 36.8. The van der Waals surface area contributed by atoms with E-state index in [4.69, 9.17) is 31.2 Å². The number of alkyl halides is 2. The minimum Gasteiger partial charge on any atom is -0.394 e. The third kappa shape index (κ3) is 5.94. The van der Waals surface area contributed by atoms with E-state index in [9.17, 15) is 28.6 Å². The molecule has 8 atom stereocenters. The van der Waals surface area contributed by atoms with Gasteiger partial charge < -0.3 is 41.4 Å². The highest BCUT2D eigenvalue weighted by Crippen LogP contribution is 2.32. The van der Waals surface area contributed by atoms with E-state index in [1.807, 2.05) is 0 Å². The molecule has 2 aliphatic heterocycles. The van der Waals surface area contributed by atoms with Gasteiger partial charge in [0.15, 0.2) is 24.8 Å². The summed E-state index contributed by atoms with van der Waals surface area (Å²) in [6.45, 7) is 2.16. The van der Waals surface area contributed by atoms with Crippen molar-refractivity contribution in [3.8, 4) is 0 Å². The molecular weight excluding hydrogens is 500 g/mol. The monoisotopic (exact) mass is 532 g/mol. The smallest absolute Gasteiger partial charge is 0.351 e. The molecule has 0 radical (unpaired) electrons. The summed E-state index contributed by atoms with van der Waals surface area (Å²) in [7, 11) is 0. The first-order chi connectivity index (χ1) is 16.9. The summed E-state index contributed by atoms with van der Waals surface area (Å²) >= 11 is 0. The van der Waals surface area contributed by atoms with Gasteiger partial charge in [0.1, 0.15) is 36.1 Å². The molecule has 2 saturated heterocycles. The molecule has 2 aromatic rings. The van der Waals surface area contributed by atoms with Crippen LogP contribution in [0.1, 0.15) is 31.0 Å². The number of halogens is 2. The maximum atomic E-state index is 13.8. The van der Waals surface area contributed by atoms with Crippen LogP contribution in [0, 0.1) is 13.8 Å². The molecule has 8 N–H and O–H groups in total. The first-order valence-electron chi connectivity index (χ1n) is 10.8. The summed E-state index contributed by atoms with van der Waals surface area (Å²) in [6, 6.07) is 0. The van der Waals surface area contributed by atoms with Crippen molar-refractivity contribution < 1.29 is 38.7 Å². The van der Waals surface area contributed by atoms with Crippen LogP contribution in [-0.2, 0) is 9.47 Å². The van der Waals surface area contributed by atoms with Gasteiger partial charge in [-0.1, -0.05) is 7.43 Å². The lowest BCUT2D eigenvalue weighted by molar-refractivity contribution is -0.0491. The summed E-state index contributed by atoms with van der Waals surface area (Å²) in [4.78, 5) is 30.3. The van der Waals surface area contributed by atoms with Gasteiger partial charge in [0.2, 0.25) is 0 Å². The second-order valence-electron chi connectivity index (χ2n) is 8.36. The van der Waals surface area contributed by atoms with Crippen molar-refractivity contribution in [1.29, 1.82) is 0 Å². The number of aliphatic hydroxyl groups is 4.